The summed E-state index contributed by atoms with van der Waals surface area (Å²) in [5.41, 5.74) is 6.22. The minimum atomic E-state index is -3.49. The topological polar surface area (TPSA) is 81.4 Å². The molecule has 0 aliphatic heterocycles. The summed E-state index contributed by atoms with van der Waals surface area (Å²) in [6.07, 6.45) is 0.790. The van der Waals surface area contributed by atoms with E-state index in [1.807, 2.05) is 13.8 Å². The molecular formula is C14H22N2O3S. The lowest BCUT2D eigenvalue weighted by atomic mass is 9.65. The van der Waals surface area contributed by atoms with Crippen LogP contribution >= 0.6 is 0 Å². The fourth-order valence-corrected chi connectivity index (χ4v) is 3.95. The SMILES string of the molecule is COC1CC(NS(=O)(=O)c2ccc(CN)cc2)C1(C)C. The first-order chi connectivity index (χ1) is 9.31. The van der Waals surface area contributed by atoms with E-state index in [1.54, 1.807) is 31.4 Å². The first-order valence-electron chi connectivity index (χ1n) is 6.65. The van der Waals surface area contributed by atoms with Crippen LogP contribution in [0.4, 0.5) is 0 Å². The van der Waals surface area contributed by atoms with Gasteiger partial charge in [0.2, 0.25) is 10.0 Å². The van der Waals surface area contributed by atoms with Crippen LogP contribution in [0, 0.1) is 5.41 Å². The minimum absolute atomic E-state index is 0.0924. The molecule has 0 spiro atoms. The number of nitrogens with one attached hydrogen (secondary N) is 1. The standard InChI is InChI=1S/C14H22N2O3S/c1-14(2)12(8-13(14)19-3)16-20(17,18)11-6-4-10(9-15)5-7-11/h4-7,12-13,16H,8-9,15H2,1-3H3. The number of hydrogen-bond donors (Lipinski definition) is 2. The second-order valence-corrected chi connectivity index (χ2v) is 7.52. The summed E-state index contributed by atoms with van der Waals surface area (Å²) in [7, 11) is -1.84. The van der Waals surface area contributed by atoms with E-state index >= 15 is 0 Å². The van der Waals surface area contributed by atoms with Crippen LogP contribution < -0.4 is 10.5 Å². The fraction of sp³-hybridized carbons (Fsp3) is 0.571. The third-order valence-corrected chi connectivity index (χ3v) is 5.72. The maximum Gasteiger partial charge on any atom is 0.240 e. The van der Waals surface area contributed by atoms with Crippen LogP contribution in [-0.4, -0.2) is 27.7 Å². The normalized spacial score (nSPS) is 25.2. The molecule has 0 heterocycles. The van der Waals surface area contributed by atoms with Crippen LogP contribution in [0.1, 0.15) is 25.8 Å². The Labute approximate surface area is 120 Å². The summed E-state index contributed by atoms with van der Waals surface area (Å²) in [6.45, 7) is 4.42. The van der Waals surface area contributed by atoms with Crippen molar-refractivity contribution in [3.63, 3.8) is 0 Å². The smallest absolute Gasteiger partial charge is 0.240 e. The highest BCUT2D eigenvalue weighted by molar-refractivity contribution is 7.89. The number of nitrogens with two attached hydrogens (primary N) is 1. The van der Waals surface area contributed by atoms with E-state index < -0.39 is 10.0 Å². The Morgan fingerprint density at radius 3 is 2.40 bits per heavy atom. The highest BCUT2D eigenvalue weighted by Gasteiger charge is 2.50. The van der Waals surface area contributed by atoms with Crippen molar-refractivity contribution in [3.8, 4) is 0 Å². The van der Waals surface area contributed by atoms with E-state index in [0.29, 0.717) is 13.0 Å². The summed E-state index contributed by atoms with van der Waals surface area (Å²) in [6, 6.07) is 6.54. The Kier molecular flexibility index (Phi) is 4.20. The number of hydrogen-bond acceptors (Lipinski definition) is 4. The van der Waals surface area contributed by atoms with Crippen molar-refractivity contribution < 1.29 is 13.2 Å². The van der Waals surface area contributed by atoms with Crippen molar-refractivity contribution in [2.75, 3.05) is 7.11 Å². The Balaban J connectivity index is 2.12. The predicted octanol–water partition coefficient (Wildman–Crippen LogP) is 1.24. The molecule has 112 valence electrons. The highest BCUT2D eigenvalue weighted by atomic mass is 32.2. The van der Waals surface area contributed by atoms with Crippen LogP contribution in [0.25, 0.3) is 0 Å². The molecule has 0 radical (unpaired) electrons. The van der Waals surface area contributed by atoms with Gasteiger partial charge in [-0.1, -0.05) is 26.0 Å². The molecule has 1 aliphatic rings. The Morgan fingerprint density at radius 1 is 1.35 bits per heavy atom. The number of methoxy groups -OCH3 is 1. The largest absolute Gasteiger partial charge is 0.381 e. The van der Waals surface area contributed by atoms with Gasteiger partial charge in [-0.3, -0.25) is 0 Å². The molecule has 6 heteroatoms. The zero-order chi connectivity index (χ0) is 15.0. The van der Waals surface area contributed by atoms with Crippen molar-refractivity contribution >= 4 is 10.0 Å². The van der Waals surface area contributed by atoms with Gasteiger partial charge in [-0.15, -0.1) is 0 Å². The van der Waals surface area contributed by atoms with Crippen LogP contribution in [-0.2, 0) is 21.3 Å². The van der Waals surface area contributed by atoms with Crippen molar-refractivity contribution in [3.05, 3.63) is 29.8 Å². The lowest BCUT2D eigenvalue weighted by Crippen LogP contribution is -2.61. The number of rotatable bonds is 5. The van der Waals surface area contributed by atoms with Gasteiger partial charge in [0.1, 0.15) is 0 Å². The highest BCUT2D eigenvalue weighted by Crippen LogP contribution is 2.42. The van der Waals surface area contributed by atoms with Gasteiger partial charge in [-0.25, -0.2) is 13.1 Å². The van der Waals surface area contributed by atoms with E-state index in [2.05, 4.69) is 4.72 Å². The third kappa shape index (κ3) is 2.74. The average Bonchev–Trinajstić information content (AvgIpc) is 2.43. The first-order valence-corrected chi connectivity index (χ1v) is 8.13. The summed E-state index contributed by atoms with van der Waals surface area (Å²) < 4.78 is 32.8. The van der Waals surface area contributed by atoms with Crippen LogP contribution in [0.3, 0.4) is 0 Å². The third-order valence-electron chi connectivity index (χ3n) is 4.23. The number of ether oxygens (including phenoxy) is 1. The van der Waals surface area contributed by atoms with Crippen molar-refractivity contribution in [2.24, 2.45) is 11.1 Å². The predicted molar refractivity (Wildman–Crippen MR) is 77.6 cm³/mol. The van der Waals surface area contributed by atoms with Gasteiger partial charge in [0.15, 0.2) is 0 Å². The fourth-order valence-electron chi connectivity index (χ4n) is 2.55. The van der Waals surface area contributed by atoms with E-state index in [1.165, 1.54) is 0 Å². The number of benzene rings is 1. The first kappa shape index (κ1) is 15.4. The molecule has 1 fully saturated rings. The quantitative estimate of drug-likeness (QED) is 0.857. The lowest BCUT2D eigenvalue weighted by molar-refractivity contribution is -0.0908. The molecule has 0 saturated heterocycles. The summed E-state index contributed by atoms with van der Waals surface area (Å²) in [5, 5.41) is 0. The zero-order valence-electron chi connectivity index (χ0n) is 12.1. The molecule has 3 N–H and O–H groups in total. The Hall–Kier alpha value is -0.950. The van der Waals surface area contributed by atoms with Gasteiger partial charge in [0.05, 0.1) is 11.0 Å². The molecule has 2 unspecified atom stereocenters. The van der Waals surface area contributed by atoms with E-state index in [0.717, 1.165) is 5.56 Å². The van der Waals surface area contributed by atoms with Gasteiger partial charge in [-0.2, -0.15) is 0 Å². The Bertz CT molecular complexity index is 567. The molecule has 2 atom stereocenters. The number of sulfonamides is 1. The van der Waals surface area contributed by atoms with Gasteiger partial charge in [0.25, 0.3) is 0 Å². The molecule has 2 rings (SSSR count). The minimum Gasteiger partial charge on any atom is -0.381 e. The molecule has 1 saturated carbocycles. The Morgan fingerprint density at radius 2 is 1.95 bits per heavy atom. The van der Waals surface area contributed by atoms with E-state index in [9.17, 15) is 8.42 Å². The molecule has 1 aliphatic carbocycles. The van der Waals surface area contributed by atoms with Crippen LogP contribution in [0.5, 0.6) is 0 Å². The maximum absolute atomic E-state index is 12.3. The maximum atomic E-state index is 12.3. The second-order valence-electron chi connectivity index (χ2n) is 5.80. The molecular weight excluding hydrogens is 276 g/mol. The van der Waals surface area contributed by atoms with Gasteiger partial charge < -0.3 is 10.5 Å². The summed E-state index contributed by atoms with van der Waals surface area (Å²) in [5.74, 6) is 0. The second kappa shape index (κ2) is 5.44. The lowest BCUT2D eigenvalue weighted by Gasteiger charge is -2.50. The molecule has 0 aromatic heterocycles. The van der Waals surface area contributed by atoms with Crippen LogP contribution in [0.2, 0.25) is 0 Å². The average molecular weight is 298 g/mol. The van der Waals surface area contributed by atoms with Gasteiger partial charge in [-0.05, 0) is 24.1 Å². The molecule has 20 heavy (non-hydrogen) atoms. The molecule has 0 amide bonds. The van der Waals surface area contributed by atoms with Crippen molar-refractivity contribution in [1.29, 1.82) is 0 Å². The van der Waals surface area contributed by atoms with Crippen molar-refractivity contribution in [1.82, 2.24) is 4.72 Å². The summed E-state index contributed by atoms with van der Waals surface area (Å²) in [4.78, 5) is 0.270. The molecule has 1 aromatic carbocycles. The van der Waals surface area contributed by atoms with Crippen LogP contribution in [0.15, 0.2) is 29.2 Å². The monoisotopic (exact) mass is 298 g/mol. The summed E-state index contributed by atoms with van der Waals surface area (Å²) >= 11 is 0. The zero-order valence-corrected chi connectivity index (χ0v) is 12.9. The molecule has 1 aromatic rings. The van der Waals surface area contributed by atoms with Gasteiger partial charge >= 0.3 is 0 Å². The van der Waals surface area contributed by atoms with Crippen molar-refractivity contribution in [2.45, 2.75) is 43.9 Å². The molecule has 0 bridgehead atoms. The molecule has 5 nitrogen and oxygen atoms in total. The van der Waals surface area contributed by atoms with E-state index in [4.69, 9.17) is 10.5 Å². The van der Waals surface area contributed by atoms with Gasteiger partial charge in [0, 0.05) is 25.1 Å². The van der Waals surface area contributed by atoms with E-state index in [-0.39, 0.29) is 22.5 Å².